The molecule has 0 aliphatic heterocycles. The van der Waals surface area contributed by atoms with E-state index in [0.717, 1.165) is 11.8 Å². The highest BCUT2D eigenvalue weighted by Crippen LogP contribution is 2.36. The Morgan fingerprint density at radius 2 is 1.94 bits per heavy atom. The Morgan fingerprint density at radius 3 is 2.59 bits per heavy atom. The van der Waals surface area contributed by atoms with Crippen LogP contribution in [0.25, 0.3) is 11.3 Å². The number of halogens is 2. The third-order valence-corrected chi connectivity index (χ3v) is 3.36. The fourth-order valence-electron chi connectivity index (χ4n) is 2.07. The maximum Gasteiger partial charge on any atom is 0.159 e. The van der Waals surface area contributed by atoms with Crippen LogP contribution in [0.1, 0.15) is 30.9 Å². The summed E-state index contributed by atoms with van der Waals surface area (Å²) in [6.45, 7) is 0. The minimum Gasteiger partial charge on any atom is -0.282 e. The van der Waals surface area contributed by atoms with Crippen molar-refractivity contribution in [3.63, 3.8) is 0 Å². The molecule has 1 fully saturated rings. The van der Waals surface area contributed by atoms with Gasteiger partial charge in [-0.05, 0) is 37.1 Å². The Morgan fingerprint density at radius 1 is 1.12 bits per heavy atom. The van der Waals surface area contributed by atoms with Gasteiger partial charge in [0, 0.05) is 17.2 Å². The standard InChI is InChI=1S/C13H12F2N2/c14-10-5-4-9(6-11(10)15)13-7-12(16-17-13)8-2-1-3-8/h4-8H,1-3H2,(H,16,17). The van der Waals surface area contributed by atoms with E-state index in [1.807, 2.05) is 6.07 Å². The average molecular weight is 234 g/mol. The van der Waals surface area contributed by atoms with Crippen molar-refractivity contribution in [3.05, 3.63) is 41.6 Å². The van der Waals surface area contributed by atoms with E-state index in [4.69, 9.17) is 0 Å². The molecular formula is C13H12F2N2. The largest absolute Gasteiger partial charge is 0.282 e. The van der Waals surface area contributed by atoms with Crippen LogP contribution in [-0.4, -0.2) is 10.2 Å². The zero-order valence-corrected chi connectivity index (χ0v) is 9.21. The Bertz CT molecular complexity index is 544. The molecule has 88 valence electrons. The van der Waals surface area contributed by atoms with Gasteiger partial charge in [0.2, 0.25) is 0 Å². The number of H-pyrrole nitrogens is 1. The minimum atomic E-state index is -0.837. The van der Waals surface area contributed by atoms with Crippen molar-refractivity contribution >= 4 is 0 Å². The first kappa shape index (κ1) is 10.4. The molecule has 2 aromatic rings. The lowest BCUT2D eigenvalue weighted by atomic mass is 9.83. The molecule has 0 amide bonds. The lowest BCUT2D eigenvalue weighted by Crippen LogP contribution is -2.08. The fourth-order valence-corrected chi connectivity index (χ4v) is 2.07. The van der Waals surface area contributed by atoms with Gasteiger partial charge in [-0.25, -0.2) is 8.78 Å². The zero-order valence-electron chi connectivity index (χ0n) is 9.21. The van der Waals surface area contributed by atoms with Crippen molar-refractivity contribution < 1.29 is 8.78 Å². The highest BCUT2D eigenvalue weighted by molar-refractivity contribution is 5.59. The van der Waals surface area contributed by atoms with Gasteiger partial charge in [-0.15, -0.1) is 0 Å². The SMILES string of the molecule is Fc1ccc(-c2cc(C3CCC3)[nH]n2)cc1F. The van der Waals surface area contributed by atoms with E-state index < -0.39 is 11.6 Å². The first-order chi connectivity index (χ1) is 8.24. The molecule has 0 spiro atoms. The molecule has 17 heavy (non-hydrogen) atoms. The lowest BCUT2D eigenvalue weighted by Gasteiger charge is -2.23. The molecule has 1 aromatic carbocycles. The number of aromatic nitrogens is 2. The number of hydrogen-bond donors (Lipinski definition) is 1. The first-order valence-electron chi connectivity index (χ1n) is 5.75. The molecule has 0 atom stereocenters. The molecule has 2 nitrogen and oxygen atoms in total. The van der Waals surface area contributed by atoms with E-state index in [2.05, 4.69) is 10.2 Å². The average Bonchev–Trinajstić information content (AvgIpc) is 2.69. The van der Waals surface area contributed by atoms with Crippen LogP contribution in [0.4, 0.5) is 8.78 Å². The zero-order chi connectivity index (χ0) is 11.8. The molecule has 1 aliphatic carbocycles. The second-order valence-electron chi connectivity index (χ2n) is 4.47. The molecule has 0 bridgehead atoms. The van der Waals surface area contributed by atoms with Crippen molar-refractivity contribution in [2.45, 2.75) is 25.2 Å². The molecule has 0 radical (unpaired) electrons. The van der Waals surface area contributed by atoms with Crippen LogP contribution in [-0.2, 0) is 0 Å². The maximum atomic E-state index is 13.1. The van der Waals surface area contributed by atoms with Crippen LogP contribution in [0.2, 0.25) is 0 Å². The Hall–Kier alpha value is -1.71. The normalized spacial score (nSPS) is 15.9. The van der Waals surface area contributed by atoms with Crippen molar-refractivity contribution in [1.29, 1.82) is 0 Å². The number of benzene rings is 1. The lowest BCUT2D eigenvalue weighted by molar-refractivity contribution is 0.410. The van der Waals surface area contributed by atoms with E-state index in [1.165, 1.54) is 25.3 Å². The number of nitrogens with zero attached hydrogens (tertiary/aromatic N) is 1. The number of rotatable bonds is 2. The Labute approximate surface area is 97.7 Å². The van der Waals surface area contributed by atoms with E-state index in [1.54, 1.807) is 6.07 Å². The summed E-state index contributed by atoms with van der Waals surface area (Å²) in [4.78, 5) is 0. The van der Waals surface area contributed by atoms with Gasteiger partial charge in [0.05, 0.1) is 5.69 Å². The van der Waals surface area contributed by atoms with Gasteiger partial charge in [0.15, 0.2) is 11.6 Å². The summed E-state index contributed by atoms with van der Waals surface area (Å²) in [7, 11) is 0. The van der Waals surface area contributed by atoms with Gasteiger partial charge in [-0.1, -0.05) is 6.42 Å². The Balaban J connectivity index is 1.92. The van der Waals surface area contributed by atoms with E-state index >= 15 is 0 Å². The van der Waals surface area contributed by atoms with Gasteiger partial charge >= 0.3 is 0 Å². The molecule has 1 heterocycles. The highest BCUT2D eigenvalue weighted by Gasteiger charge is 2.21. The maximum absolute atomic E-state index is 13.1. The van der Waals surface area contributed by atoms with E-state index in [9.17, 15) is 8.78 Å². The van der Waals surface area contributed by atoms with Crippen LogP contribution >= 0.6 is 0 Å². The van der Waals surface area contributed by atoms with Crippen LogP contribution in [0.15, 0.2) is 24.3 Å². The fraction of sp³-hybridized carbons (Fsp3) is 0.308. The summed E-state index contributed by atoms with van der Waals surface area (Å²) < 4.78 is 25.9. The second-order valence-corrected chi connectivity index (χ2v) is 4.47. The third-order valence-electron chi connectivity index (χ3n) is 3.36. The van der Waals surface area contributed by atoms with E-state index in [-0.39, 0.29) is 0 Å². The summed E-state index contributed by atoms with van der Waals surface area (Å²) in [5.41, 5.74) is 2.37. The first-order valence-corrected chi connectivity index (χ1v) is 5.75. The quantitative estimate of drug-likeness (QED) is 0.844. The molecule has 3 rings (SSSR count). The van der Waals surface area contributed by atoms with Gasteiger partial charge < -0.3 is 0 Å². The van der Waals surface area contributed by atoms with Gasteiger partial charge in [0.1, 0.15) is 0 Å². The van der Waals surface area contributed by atoms with Crippen molar-refractivity contribution in [2.24, 2.45) is 0 Å². The molecule has 4 heteroatoms. The number of hydrogen-bond acceptors (Lipinski definition) is 1. The molecule has 1 N–H and O–H groups in total. The molecule has 0 saturated heterocycles. The summed E-state index contributed by atoms with van der Waals surface area (Å²) in [6.07, 6.45) is 3.61. The van der Waals surface area contributed by atoms with Crippen LogP contribution in [0.3, 0.4) is 0 Å². The smallest absolute Gasteiger partial charge is 0.159 e. The second kappa shape index (κ2) is 3.95. The minimum absolute atomic E-state index is 0.557. The van der Waals surface area contributed by atoms with Crippen molar-refractivity contribution in [3.8, 4) is 11.3 Å². The van der Waals surface area contributed by atoms with Crippen molar-refractivity contribution in [2.75, 3.05) is 0 Å². The molecule has 1 saturated carbocycles. The van der Waals surface area contributed by atoms with Gasteiger partial charge in [-0.2, -0.15) is 5.10 Å². The number of nitrogens with one attached hydrogen (secondary N) is 1. The summed E-state index contributed by atoms with van der Waals surface area (Å²) in [5, 5.41) is 7.12. The van der Waals surface area contributed by atoms with Crippen LogP contribution in [0.5, 0.6) is 0 Å². The predicted octanol–water partition coefficient (Wildman–Crippen LogP) is 3.62. The molecule has 0 unspecified atom stereocenters. The predicted molar refractivity (Wildman–Crippen MR) is 60.5 cm³/mol. The number of aromatic amines is 1. The molecule has 1 aromatic heterocycles. The van der Waals surface area contributed by atoms with Crippen LogP contribution < -0.4 is 0 Å². The molecule has 1 aliphatic rings. The van der Waals surface area contributed by atoms with Crippen molar-refractivity contribution in [1.82, 2.24) is 10.2 Å². The van der Waals surface area contributed by atoms with Gasteiger partial charge in [0.25, 0.3) is 0 Å². The molecular weight excluding hydrogens is 222 g/mol. The summed E-state index contributed by atoms with van der Waals surface area (Å²) in [5.74, 6) is -1.11. The van der Waals surface area contributed by atoms with Crippen LogP contribution in [0, 0.1) is 11.6 Å². The Kier molecular flexibility index (Phi) is 2.42. The third kappa shape index (κ3) is 1.84. The summed E-state index contributed by atoms with van der Waals surface area (Å²) in [6, 6.07) is 5.77. The van der Waals surface area contributed by atoms with E-state index in [0.29, 0.717) is 17.2 Å². The van der Waals surface area contributed by atoms with Gasteiger partial charge in [-0.3, -0.25) is 5.10 Å². The summed E-state index contributed by atoms with van der Waals surface area (Å²) >= 11 is 0. The topological polar surface area (TPSA) is 28.7 Å². The monoisotopic (exact) mass is 234 g/mol. The highest BCUT2D eigenvalue weighted by atomic mass is 19.2.